The van der Waals surface area contributed by atoms with E-state index in [0.29, 0.717) is 0 Å². The lowest BCUT2D eigenvalue weighted by molar-refractivity contribution is 0.356. The quantitative estimate of drug-likeness (QED) is 0.732. The van der Waals surface area contributed by atoms with Gasteiger partial charge in [0, 0.05) is 24.1 Å². The van der Waals surface area contributed by atoms with Crippen molar-refractivity contribution in [1.82, 2.24) is 0 Å². The molecular formula is C15H22BrN. The average Bonchev–Trinajstić information content (AvgIpc) is 2.27. The van der Waals surface area contributed by atoms with Gasteiger partial charge in [-0.2, -0.15) is 0 Å². The number of piperidine rings is 1. The monoisotopic (exact) mass is 295 g/mol. The summed E-state index contributed by atoms with van der Waals surface area (Å²) in [4.78, 5) is 2.56. The Kier molecular flexibility index (Phi) is 4.13. The van der Waals surface area contributed by atoms with Gasteiger partial charge in [-0.05, 0) is 36.8 Å². The summed E-state index contributed by atoms with van der Waals surface area (Å²) in [6.07, 6.45) is 1.37. The first kappa shape index (κ1) is 12.9. The zero-order chi connectivity index (χ0) is 12.4. The van der Waals surface area contributed by atoms with Crippen LogP contribution in [-0.2, 0) is 5.33 Å². The Labute approximate surface area is 113 Å². The van der Waals surface area contributed by atoms with E-state index in [2.05, 4.69) is 59.8 Å². The van der Waals surface area contributed by atoms with Crippen molar-refractivity contribution in [2.75, 3.05) is 18.0 Å². The molecule has 0 aromatic heterocycles. The molecule has 0 radical (unpaired) electrons. The third kappa shape index (κ3) is 3.04. The van der Waals surface area contributed by atoms with E-state index in [-0.39, 0.29) is 0 Å². The van der Waals surface area contributed by atoms with Crippen molar-refractivity contribution in [3.63, 3.8) is 0 Å². The lowest BCUT2D eigenvalue weighted by atomic mass is 9.91. The summed E-state index contributed by atoms with van der Waals surface area (Å²) in [5.74, 6) is 1.62. The van der Waals surface area contributed by atoms with E-state index in [1.54, 1.807) is 0 Å². The predicted octanol–water partition coefficient (Wildman–Crippen LogP) is 4.37. The van der Waals surface area contributed by atoms with Crippen molar-refractivity contribution in [2.24, 2.45) is 11.8 Å². The fourth-order valence-corrected chi connectivity index (χ4v) is 3.44. The molecule has 1 saturated heterocycles. The van der Waals surface area contributed by atoms with Crippen molar-refractivity contribution >= 4 is 21.6 Å². The Balaban J connectivity index is 2.26. The lowest BCUT2D eigenvalue weighted by Gasteiger charge is -2.37. The molecule has 0 saturated carbocycles. The second kappa shape index (κ2) is 5.43. The number of anilines is 1. The number of benzene rings is 1. The van der Waals surface area contributed by atoms with Gasteiger partial charge in [0.05, 0.1) is 0 Å². The van der Waals surface area contributed by atoms with Gasteiger partial charge in [-0.15, -0.1) is 0 Å². The molecule has 0 N–H and O–H groups in total. The van der Waals surface area contributed by atoms with Crippen molar-refractivity contribution in [1.29, 1.82) is 0 Å². The molecule has 1 fully saturated rings. The first-order valence-electron chi connectivity index (χ1n) is 6.50. The molecule has 0 aliphatic carbocycles. The summed E-state index contributed by atoms with van der Waals surface area (Å²) in [5.41, 5.74) is 4.19. The molecule has 94 valence electrons. The van der Waals surface area contributed by atoms with Crippen LogP contribution in [0.15, 0.2) is 18.2 Å². The van der Waals surface area contributed by atoms with Crippen LogP contribution in [0.25, 0.3) is 0 Å². The Hall–Kier alpha value is -0.500. The zero-order valence-corrected chi connectivity index (χ0v) is 12.6. The van der Waals surface area contributed by atoms with Gasteiger partial charge in [0.25, 0.3) is 0 Å². The smallest absolute Gasteiger partial charge is 0.0407 e. The zero-order valence-electron chi connectivity index (χ0n) is 11.0. The van der Waals surface area contributed by atoms with Crippen LogP contribution in [0.1, 0.15) is 31.4 Å². The minimum atomic E-state index is 0.809. The van der Waals surface area contributed by atoms with E-state index in [0.717, 1.165) is 17.2 Å². The molecular weight excluding hydrogens is 274 g/mol. The minimum Gasteiger partial charge on any atom is -0.371 e. The van der Waals surface area contributed by atoms with E-state index < -0.39 is 0 Å². The van der Waals surface area contributed by atoms with Gasteiger partial charge in [-0.25, -0.2) is 0 Å². The minimum absolute atomic E-state index is 0.809. The van der Waals surface area contributed by atoms with E-state index in [9.17, 15) is 0 Å². The standard InChI is InChI=1S/C15H22BrN/c1-11-4-5-15(14(7-11)8-16)17-9-12(2)6-13(3)10-17/h4-5,7,12-13H,6,8-10H2,1-3H3. The van der Waals surface area contributed by atoms with Gasteiger partial charge in [-0.3, -0.25) is 0 Å². The number of hydrogen-bond acceptors (Lipinski definition) is 1. The maximum atomic E-state index is 3.61. The lowest BCUT2D eigenvalue weighted by Crippen LogP contribution is -2.39. The van der Waals surface area contributed by atoms with Crippen molar-refractivity contribution in [3.8, 4) is 0 Å². The molecule has 1 nitrogen and oxygen atoms in total. The second-order valence-electron chi connectivity index (χ2n) is 5.62. The summed E-state index contributed by atoms with van der Waals surface area (Å²) in [5, 5.41) is 0.948. The number of rotatable bonds is 2. The number of aryl methyl sites for hydroxylation is 1. The highest BCUT2D eigenvalue weighted by molar-refractivity contribution is 9.08. The van der Waals surface area contributed by atoms with Crippen LogP contribution in [-0.4, -0.2) is 13.1 Å². The van der Waals surface area contributed by atoms with Crippen LogP contribution in [0.4, 0.5) is 5.69 Å². The van der Waals surface area contributed by atoms with Crippen molar-refractivity contribution < 1.29 is 0 Å². The molecule has 1 heterocycles. The fourth-order valence-electron chi connectivity index (χ4n) is 2.99. The average molecular weight is 296 g/mol. The van der Waals surface area contributed by atoms with Crippen LogP contribution < -0.4 is 4.90 Å². The number of alkyl halides is 1. The van der Waals surface area contributed by atoms with Gasteiger partial charge in [-0.1, -0.05) is 47.5 Å². The van der Waals surface area contributed by atoms with Gasteiger partial charge in [0.2, 0.25) is 0 Å². The Morgan fingerprint density at radius 3 is 2.47 bits per heavy atom. The van der Waals surface area contributed by atoms with E-state index in [4.69, 9.17) is 0 Å². The summed E-state index contributed by atoms with van der Waals surface area (Å²) < 4.78 is 0. The highest BCUT2D eigenvalue weighted by Crippen LogP contribution is 2.30. The molecule has 1 aromatic carbocycles. The van der Waals surface area contributed by atoms with Gasteiger partial charge in [0.1, 0.15) is 0 Å². The number of nitrogens with zero attached hydrogens (tertiary/aromatic N) is 1. The van der Waals surface area contributed by atoms with Gasteiger partial charge in [0.15, 0.2) is 0 Å². The molecule has 2 rings (SSSR count). The normalized spacial score (nSPS) is 25.1. The summed E-state index contributed by atoms with van der Waals surface area (Å²) in [7, 11) is 0. The molecule has 0 bridgehead atoms. The molecule has 2 unspecified atom stereocenters. The molecule has 1 aliphatic rings. The summed E-state index contributed by atoms with van der Waals surface area (Å²) in [6, 6.07) is 6.82. The van der Waals surface area contributed by atoms with Gasteiger partial charge >= 0.3 is 0 Å². The number of hydrogen-bond donors (Lipinski definition) is 0. The SMILES string of the molecule is Cc1ccc(N2CC(C)CC(C)C2)c(CBr)c1. The predicted molar refractivity (Wildman–Crippen MR) is 79.0 cm³/mol. The largest absolute Gasteiger partial charge is 0.371 e. The van der Waals surface area contributed by atoms with Crippen LogP contribution in [0.5, 0.6) is 0 Å². The van der Waals surface area contributed by atoms with E-state index in [1.165, 1.54) is 36.3 Å². The molecule has 2 heteroatoms. The highest BCUT2D eigenvalue weighted by Gasteiger charge is 2.23. The molecule has 1 aliphatic heterocycles. The maximum Gasteiger partial charge on any atom is 0.0407 e. The van der Waals surface area contributed by atoms with E-state index in [1.807, 2.05) is 0 Å². The molecule has 2 atom stereocenters. The Morgan fingerprint density at radius 1 is 1.24 bits per heavy atom. The number of halogens is 1. The van der Waals surface area contributed by atoms with Crippen LogP contribution in [0, 0.1) is 18.8 Å². The molecule has 0 amide bonds. The van der Waals surface area contributed by atoms with Crippen molar-refractivity contribution in [2.45, 2.75) is 32.5 Å². The van der Waals surface area contributed by atoms with Crippen LogP contribution >= 0.6 is 15.9 Å². The topological polar surface area (TPSA) is 3.24 Å². The molecule has 17 heavy (non-hydrogen) atoms. The second-order valence-corrected chi connectivity index (χ2v) is 6.18. The van der Waals surface area contributed by atoms with Crippen molar-refractivity contribution in [3.05, 3.63) is 29.3 Å². The molecule has 0 spiro atoms. The third-order valence-corrected chi connectivity index (χ3v) is 4.19. The summed E-state index contributed by atoms with van der Waals surface area (Å²) >= 11 is 3.61. The van der Waals surface area contributed by atoms with Gasteiger partial charge < -0.3 is 4.90 Å². The maximum absolute atomic E-state index is 3.61. The molecule has 1 aromatic rings. The van der Waals surface area contributed by atoms with Crippen LogP contribution in [0.3, 0.4) is 0 Å². The third-order valence-electron chi connectivity index (χ3n) is 3.59. The highest BCUT2D eigenvalue weighted by atomic mass is 79.9. The first-order valence-corrected chi connectivity index (χ1v) is 7.62. The Morgan fingerprint density at radius 2 is 1.88 bits per heavy atom. The van der Waals surface area contributed by atoms with Crippen LogP contribution in [0.2, 0.25) is 0 Å². The Bertz CT molecular complexity index is 379. The fraction of sp³-hybridized carbons (Fsp3) is 0.600. The van der Waals surface area contributed by atoms with E-state index >= 15 is 0 Å². The first-order chi connectivity index (χ1) is 8.10. The summed E-state index contributed by atoms with van der Waals surface area (Å²) in [6.45, 7) is 9.30.